The van der Waals surface area contributed by atoms with E-state index in [0.717, 1.165) is 61.7 Å². The SMILES string of the molecule is CCN1CCC2(CC1)Oc1ccccc1[C@H]1CC(c3ccccc3OC)=NN12. The summed E-state index contributed by atoms with van der Waals surface area (Å²) in [6, 6.07) is 16.9. The van der Waals surface area contributed by atoms with Crippen LogP contribution in [-0.4, -0.2) is 48.1 Å². The Morgan fingerprint density at radius 2 is 1.86 bits per heavy atom. The molecule has 0 saturated carbocycles. The van der Waals surface area contributed by atoms with E-state index >= 15 is 0 Å². The van der Waals surface area contributed by atoms with Gasteiger partial charge in [0.05, 0.1) is 18.9 Å². The van der Waals surface area contributed by atoms with Crippen LogP contribution in [0.1, 0.15) is 43.4 Å². The van der Waals surface area contributed by atoms with Gasteiger partial charge in [0.1, 0.15) is 11.5 Å². The maximum atomic E-state index is 6.67. The van der Waals surface area contributed by atoms with E-state index in [-0.39, 0.29) is 11.8 Å². The minimum absolute atomic E-state index is 0.220. The van der Waals surface area contributed by atoms with Crippen LogP contribution >= 0.6 is 0 Å². The average Bonchev–Trinajstić information content (AvgIpc) is 3.21. The Kier molecular flexibility index (Phi) is 4.27. The van der Waals surface area contributed by atoms with Crippen LogP contribution in [0, 0.1) is 0 Å². The van der Waals surface area contributed by atoms with E-state index < -0.39 is 0 Å². The second-order valence-corrected chi connectivity index (χ2v) is 7.83. The molecule has 1 saturated heterocycles. The first-order valence-electron chi connectivity index (χ1n) is 10.2. The van der Waals surface area contributed by atoms with Crippen molar-refractivity contribution >= 4 is 5.71 Å². The van der Waals surface area contributed by atoms with Crippen LogP contribution in [0.5, 0.6) is 11.5 Å². The number of benzene rings is 2. The highest BCUT2D eigenvalue weighted by atomic mass is 16.5. The fourth-order valence-corrected chi connectivity index (χ4v) is 4.82. The molecular weight excluding hydrogens is 350 g/mol. The minimum Gasteiger partial charge on any atom is -0.496 e. The molecule has 0 aliphatic carbocycles. The maximum absolute atomic E-state index is 6.67. The molecule has 146 valence electrons. The Labute approximate surface area is 166 Å². The number of methoxy groups -OCH3 is 1. The molecule has 3 aliphatic rings. The molecule has 0 bridgehead atoms. The summed E-state index contributed by atoms with van der Waals surface area (Å²) in [7, 11) is 1.72. The van der Waals surface area contributed by atoms with Crippen molar-refractivity contribution in [1.82, 2.24) is 9.91 Å². The van der Waals surface area contributed by atoms with Gasteiger partial charge in [-0.25, -0.2) is 5.01 Å². The number of ether oxygens (including phenoxy) is 2. The standard InChI is InChI=1S/C23H27N3O2/c1-3-25-14-12-23(13-15-25)26-20(18-9-5-7-11-22(18)28-23)16-19(24-26)17-8-4-6-10-21(17)27-2/h4-11,20H,3,12-16H2,1-2H3/t20-/m1/s1. The highest BCUT2D eigenvalue weighted by molar-refractivity contribution is 6.04. The Morgan fingerprint density at radius 3 is 2.64 bits per heavy atom. The van der Waals surface area contributed by atoms with E-state index in [9.17, 15) is 0 Å². The predicted octanol–water partition coefficient (Wildman–Crippen LogP) is 4.05. The molecule has 0 unspecified atom stereocenters. The average molecular weight is 377 g/mol. The number of hydrazone groups is 1. The van der Waals surface area contributed by atoms with Crippen LogP contribution in [0.15, 0.2) is 53.6 Å². The van der Waals surface area contributed by atoms with Crippen molar-refractivity contribution in [3.8, 4) is 11.5 Å². The maximum Gasteiger partial charge on any atom is 0.200 e. The Bertz CT molecular complexity index is 902. The first-order valence-corrected chi connectivity index (χ1v) is 10.2. The van der Waals surface area contributed by atoms with E-state index in [1.807, 2.05) is 12.1 Å². The van der Waals surface area contributed by atoms with Crippen molar-refractivity contribution in [2.24, 2.45) is 5.10 Å². The lowest BCUT2D eigenvalue weighted by Crippen LogP contribution is -2.59. The van der Waals surface area contributed by atoms with E-state index in [1.165, 1.54) is 5.56 Å². The number of rotatable bonds is 3. The van der Waals surface area contributed by atoms with E-state index in [2.05, 4.69) is 53.2 Å². The molecule has 1 fully saturated rings. The fraction of sp³-hybridized carbons (Fsp3) is 0.435. The summed E-state index contributed by atoms with van der Waals surface area (Å²) in [6.45, 7) is 5.40. The summed E-state index contributed by atoms with van der Waals surface area (Å²) in [4.78, 5) is 2.49. The van der Waals surface area contributed by atoms with Gasteiger partial charge in [-0.2, -0.15) is 5.10 Å². The van der Waals surface area contributed by atoms with Crippen molar-refractivity contribution in [2.45, 2.75) is 38.0 Å². The molecule has 5 heteroatoms. The van der Waals surface area contributed by atoms with Crippen molar-refractivity contribution in [3.05, 3.63) is 59.7 Å². The molecule has 3 heterocycles. The van der Waals surface area contributed by atoms with Gasteiger partial charge in [0.2, 0.25) is 5.72 Å². The van der Waals surface area contributed by atoms with Crippen LogP contribution in [0.25, 0.3) is 0 Å². The van der Waals surface area contributed by atoms with Gasteiger partial charge in [0.25, 0.3) is 0 Å². The highest BCUT2D eigenvalue weighted by Crippen LogP contribution is 2.50. The van der Waals surface area contributed by atoms with Gasteiger partial charge >= 0.3 is 0 Å². The van der Waals surface area contributed by atoms with Gasteiger partial charge in [-0.05, 0) is 24.7 Å². The zero-order valence-electron chi connectivity index (χ0n) is 16.6. The molecule has 1 spiro atoms. The third-order valence-corrected chi connectivity index (χ3v) is 6.41. The second-order valence-electron chi connectivity index (χ2n) is 7.83. The molecule has 2 aromatic carbocycles. The zero-order chi connectivity index (χ0) is 19.1. The normalized spacial score (nSPS) is 23.0. The number of piperidine rings is 1. The topological polar surface area (TPSA) is 37.3 Å². The van der Waals surface area contributed by atoms with Gasteiger partial charge < -0.3 is 14.4 Å². The van der Waals surface area contributed by atoms with Crippen molar-refractivity contribution in [1.29, 1.82) is 0 Å². The van der Waals surface area contributed by atoms with Gasteiger partial charge in [-0.3, -0.25) is 0 Å². The summed E-state index contributed by atoms with van der Waals surface area (Å²) >= 11 is 0. The quantitative estimate of drug-likeness (QED) is 0.809. The molecule has 0 N–H and O–H groups in total. The summed E-state index contributed by atoms with van der Waals surface area (Å²) in [5, 5.41) is 7.41. The summed E-state index contributed by atoms with van der Waals surface area (Å²) in [5.74, 6) is 1.90. The van der Waals surface area contributed by atoms with Crippen LogP contribution in [0.2, 0.25) is 0 Å². The molecule has 28 heavy (non-hydrogen) atoms. The third kappa shape index (κ3) is 2.68. The van der Waals surface area contributed by atoms with Crippen LogP contribution in [0.3, 0.4) is 0 Å². The number of hydrogen-bond acceptors (Lipinski definition) is 5. The summed E-state index contributed by atoms with van der Waals surface area (Å²) in [6.07, 6.45) is 2.81. The number of hydrogen-bond donors (Lipinski definition) is 0. The molecule has 0 aromatic heterocycles. The molecule has 5 nitrogen and oxygen atoms in total. The minimum atomic E-state index is -0.353. The summed E-state index contributed by atoms with van der Waals surface area (Å²) < 4.78 is 12.3. The number of nitrogens with zero attached hydrogens (tertiary/aromatic N) is 3. The first-order chi connectivity index (χ1) is 13.7. The smallest absolute Gasteiger partial charge is 0.200 e. The fourth-order valence-electron chi connectivity index (χ4n) is 4.82. The lowest BCUT2D eigenvalue weighted by atomic mass is 9.90. The van der Waals surface area contributed by atoms with Gasteiger partial charge in [0.15, 0.2) is 0 Å². The summed E-state index contributed by atoms with van der Waals surface area (Å²) in [5.41, 5.74) is 3.05. The Hall–Kier alpha value is -2.53. The van der Waals surface area contributed by atoms with Gasteiger partial charge in [0, 0.05) is 43.5 Å². The monoisotopic (exact) mass is 377 g/mol. The first kappa shape index (κ1) is 17.6. The zero-order valence-corrected chi connectivity index (χ0v) is 16.6. The molecule has 0 radical (unpaired) electrons. The molecular formula is C23H27N3O2. The van der Waals surface area contributed by atoms with Crippen LogP contribution in [0.4, 0.5) is 0 Å². The number of fused-ring (bicyclic) bond motifs is 4. The number of likely N-dealkylation sites (tertiary alicyclic amines) is 1. The Balaban J connectivity index is 1.57. The molecule has 3 aliphatic heterocycles. The van der Waals surface area contributed by atoms with E-state index in [0.29, 0.717) is 0 Å². The van der Waals surface area contributed by atoms with Crippen LogP contribution < -0.4 is 9.47 Å². The van der Waals surface area contributed by atoms with Crippen molar-refractivity contribution in [3.63, 3.8) is 0 Å². The second kappa shape index (κ2) is 6.82. The Morgan fingerprint density at radius 1 is 1.11 bits per heavy atom. The predicted molar refractivity (Wildman–Crippen MR) is 110 cm³/mol. The van der Waals surface area contributed by atoms with Crippen molar-refractivity contribution in [2.75, 3.05) is 26.7 Å². The van der Waals surface area contributed by atoms with Gasteiger partial charge in [-0.15, -0.1) is 0 Å². The van der Waals surface area contributed by atoms with Crippen molar-refractivity contribution < 1.29 is 9.47 Å². The molecule has 5 rings (SSSR count). The molecule has 0 amide bonds. The van der Waals surface area contributed by atoms with Gasteiger partial charge in [-0.1, -0.05) is 37.3 Å². The van der Waals surface area contributed by atoms with E-state index in [4.69, 9.17) is 14.6 Å². The van der Waals surface area contributed by atoms with Crippen LogP contribution in [-0.2, 0) is 0 Å². The largest absolute Gasteiger partial charge is 0.496 e. The third-order valence-electron chi connectivity index (χ3n) is 6.41. The van der Waals surface area contributed by atoms with E-state index in [1.54, 1.807) is 7.11 Å². The molecule has 1 atom stereocenters. The lowest BCUT2D eigenvalue weighted by molar-refractivity contribution is -0.149. The lowest BCUT2D eigenvalue weighted by Gasteiger charge is -2.51. The molecule has 2 aromatic rings. The number of para-hydroxylation sites is 2. The highest BCUT2D eigenvalue weighted by Gasteiger charge is 2.51.